The highest BCUT2D eigenvalue weighted by atomic mass is 32.2. The second-order valence-electron chi connectivity index (χ2n) is 4.81. The lowest BCUT2D eigenvalue weighted by atomic mass is 10.2. The summed E-state index contributed by atoms with van der Waals surface area (Å²) < 4.78 is 24.3. The predicted octanol–water partition coefficient (Wildman–Crippen LogP) is 0.365. The minimum absolute atomic E-state index is 0.0641. The molecule has 1 atom stereocenters. The number of rotatable bonds is 4. The molecule has 0 aromatic heterocycles. The van der Waals surface area contributed by atoms with Crippen molar-refractivity contribution in [1.82, 2.24) is 4.90 Å². The van der Waals surface area contributed by atoms with Crippen LogP contribution in [0.15, 0.2) is 29.2 Å². The van der Waals surface area contributed by atoms with Gasteiger partial charge in [0.25, 0.3) is 0 Å². The van der Waals surface area contributed by atoms with E-state index in [-0.39, 0.29) is 16.7 Å². The Morgan fingerprint density at radius 2 is 2.26 bits per heavy atom. The minimum atomic E-state index is -3.33. The highest BCUT2D eigenvalue weighted by molar-refractivity contribution is 7.91. The van der Waals surface area contributed by atoms with Gasteiger partial charge in [-0.15, -0.1) is 0 Å². The van der Waals surface area contributed by atoms with Gasteiger partial charge in [0.1, 0.15) is 0 Å². The van der Waals surface area contributed by atoms with Crippen molar-refractivity contribution in [2.75, 3.05) is 25.4 Å². The third-order valence-corrected chi connectivity index (χ3v) is 5.00. The lowest BCUT2D eigenvalue weighted by molar-refractivity contribution is 0.354. The summed E-state index contributed by atoms with van der Waals surface area (Å²) in [6.45, 7) is 2.11. The first-order valence-electron chi connectivity index (χ1n) is 6.22. The SMILES string of the molecule is N#Cc1cccc(S(=O)(=O)CCN2CCC(N)C2)c1. The molecule has 5 nitrogen and oxygen atoms in total. The summed E-state index contributed by atoms with van der Waals surface area (Å²) in [6.07, 6.45) is 0.921. The number of nitrogens with two attached hydrogens (primary N) is 1. The van der Waals surface area contributed by atoms with Crippen molar-refractivity contribution in [2.45, 2.75) is 17.4 Å². The van der Waals surface area contributed by atoms with Crippen molar-refractivity contribution in [2.24, 2.45) is 5.73 Å². The molecule has 0 bridgehead atoms. The van der Waals surface area contributed by atoms with Crippen molar-refractivity contribution in [3.8, 4) is 6.07 Å². The first-order chi connectivity index (χ1) is 9.01. The monoisotopic (exact) mass is 279 g/mol. The minimum Gasteiger partial charge on any atom is -0.326 e. The van der Waals surface area contributed by atoms with Crippen LogP contribution in [0.25, 0.3) is 0 Å². The van der Waals surface area contributed by atoms with Crippen LogP contribution in [-0.4, -0.2) is 44.7 Å². The normalized spacial score (nSPS) is 20.3. The van der Waals surface area contributed by atoms with E-state index in [1.165, 1.54) is 12.1 Å². The first kappa shape index (κ1) is 14.0. The van der Waals surface area contributed by atoms with Crippen LogP contribution in [0.2, 0.25) is 0 Å². The second kappa shape index (κ2) is 5.70. The third-order valence-electron chi connectivity index (χ3n) is 3.31. The Hall–Kier alpha value is -1.42. The first-order valence-corrected chi connectivity index (χ1v) is 7.87. The van der Waals surface area contributed by atoms with E-state index in [0.29, 0.717) is 12.1 Å². The molecule has 1 aromatic carbocycles. The summed E-state index contributed by atoms with van der Waals surface area (Å²) in [5.74, 6) is 0.0641. The molecule has 0 spiro atoms. The van der Waals surface area contributed by atoms with Gasteiger partial charge in [-0.2, -0.15) is 5.26 Å². The van der Waals surface area contributed by atoms with Crippen LogP contribution in [0.1, 0.15) is 12.0 Å². The molecule has 2 rings (SSSR count). The Morgan fingerprint density at radius 1 is 1.47 bits per heavy atom. The van der Waals surface area contributed by atoms with Gasteiger partial charge in [0, 0.05) is 19.1 Å². The van der Waals surface area contributed by atoms with E-state index in [9.17, 15) is 8.42 Å². The molecule has 2 N–H and O–H groups in total. The van der Waals surface area contributed by atoms with E-state index in [0.717, 1.165) is 19.5 Å². The van der Waals surface area contributed by atoms with Crippen molar-refractivity contribution in [3.63, 3.8) is 0 Å². The molecule has 1 heterocycles. The van der Waals surface area contributed by atoms with E-state index in [4.69, 9.17) is 11.0 Å². The van der Waals surface area contributed by atoms with E-state index < -0.39 is 9.84 Å². The van der Waals surface area contributed by atoms with Crippen LogP contribution in [0.4, 0.5) is 0 Å². The summed E-state index contributed by atoms with van der Waals surface area (Å²) in [5.41, 5.74) is 6.15. The van der Waals surface area contributed by atoms with Gasteiger partial charge >= 0.3 is 0 Å². The fourth-order valence-electron chi connectivity index (χ4n) is 2.19. The summed E-state index contributed by atoms with van der Waals surface area (Å²) in [5, 5.41) is 8.79. The number of sulfone groups is 1. The van der Waals surface area contributed by atoms with E-state index in [2.05, 4.69) is 4.90 Å². The zero-order valence-electron chi connectivity index (χ0n) is 10.6. The maximum atomic E-state index is 12.2. The van der Waals surface area contributed by atoms with Crippen LogP contribution >= 0.6 is 0 Å². The fraction of sp³-hybridized carbons (Fsp3) is 0.462. The molecule has 1 saturated heterocycles. The quantitative estimate of drug-likeness (QED) is 0.860. The van der Waals surface area contributed by atoms with Gasteiger partial charge in [-0.05, 0) is 31.2 Å². The molecule has 1 fully saturated rings. The van der Waals surface area contributed by atoms with Gasteiger partial charge in [-0.25, -0.2) is 8.42 Å². The standard InChI is InChI=1S/C13H17N3O2S/c14-9-11-2-1-3-13(8-11)19(17,18)7-6-16-5-4-12(15)10-16/h1-3,8,12H,4-7,10,15H2. The average molecular weight is 279 g/mol. The smallest absolute Gasteiger partial charge is 0.179 e. The van der Waals surface area contributed by atoms with E-state index in [1.54, 1.807) is 12.1 Å². The van der Waals surface area contributed by atoms with Crippen molar-refractivity contribution < 1.29 is 8.42 Å². The van der Waals surface area contributed by atoms with Crippen molar-refractivity contribution >= 4 is 9.84 Å². The molecule has 6 heteroatoms. The summed E-state index contributed by atoms with van der Waals surface area (Å²) in [4.78, 5) is 2.28. The molecule has 1 aromatic rings. The number of nitrogens with zero attached hydrogens (tertiary/aromatic N) is 2. The van der Waals surface area contributed by atoms with Gasteiger partial charge in [-0.1, -0.05) is 6.07 Å². The zero-order valence-corrected chi connectivity index (χ0v) is 11.4. The van der Waals surface area contributed by atoms with Crippen molar-refractivity contribution in [1.29, 1.82) is 5.26 Å². The average Bonchev–Trinajstić information content (AvgIpc) is 2.82. The Balaban J connectivity index is 2.04. The number of hydrogen-bond acceptors (Lipinski definition) is 5. The Labute approximate surface area is 113 Å². The number of nitriles is 1. The molecule has 0 saturated carbocycles. The molecule has 0 radical (unpaired) electrons. The maximum absolute atomic E-state index is 12.2. The Kier molecular flexibility index (Phi) is 4.20. The van der Waals surface area contributed by atoms with Crippen LogP contribution in [0.3, 0.4) is 0 Å². The van der Waals surface area contributed by atoms with E-state index in [1.807, 2.05) is 6.07 Å². The maximum Gasteiger partial charge on any atom is 0.179 e. The van der Waals surface area contributed by atoms with Gasteiger partial charge in [-0.3, -0.25) is 0 Å². The zero-order chi connectivity index (χ0) is 13.9. The summed E-state index contributed by atoms with van der Waals surface area (Å²) in [7, 11) is -3.33. The molecule has 0 aliphatic carbocycles. The molecule has 1 aliphatic rings. The molecule has 0 amide bonds. The molecule has 1 aliphatic heterocycles. The Bertz CT molecular complexity index is 592. The number of hydrogen-bond donors (Lipinski definition) is 1. The van der Waals surface area contributed by atoms with Crippen LogP contribution in [0.5, 0.6) is 0 Å². The third kappa shape index (κ3) is 3.53. The van der Waals surface area contributed by atoms with Gasteiger partial charge in [0.05, 0.1) is 22.3 Å². The Morgan fingerprint density at radius 3 is 2.89 bits per heavy atom. The summed E-state index contributed by atoms with van der Waals surface area (Å²) in [6, 6.07) is 8.25. The summed E-state index contributed by atoms with van der Waals surface area (Å²) >= 11 is 0. The van der Waals surface area contributed by atoms with Crippen molar-refractivity contribution in [3.05, 3.63) is 29.8 Å². The highest BCUT2D eigenvalue weighted by Crippen LogP contribution is 2.14. The fourth-order valence-corrected chi connectivity index (χ4v) is 3.52. The molecular formula is C13H17N3O2S. The lowest BCUT2D eigenvalue weighted by Crippen LogP contribution is -2.30. The molecule has 19 heavy (non-hydrogen) atoms. The van der Waals surface area contributed by atoms with Crippen LogP contribution in [-0.2, 0) is 9.84 Å². The van der Waals surface area contributed by atoms with Crippen LogP contribution < -0.4 is 5.73 Å². The second-order valence-corrected chi connectivity index (χ2v) is 6.92. The largest absolute Gasteiger partial charge is 0.326 e. The predicted molar refractivity (Wildman–Crippen MR) is 72.2 cm³/mol. The molecular weight excluding hydrogens is 262 g/mol. The highest BCUT2D eigenvalue weighted by Gasteiger charge is 2.22. The molecule has 1 unspecified atom stereocenters. The number of benzene rings is 1. The van der Waals surface area contributed by atoms with Crippen LogP contribution in [0, 0.1) is 11.3 Å². The molecule has 102 valence electrons. The van der Waals surface area contributed by atoms with Gasteiger partial charge in [0.15, 0.2) is 9.84 Å². The van der Waals surface area contributed by atoms with Gasteiger partial charge < -0.3 is 10.6 Å². The number of likely N-dealkylation sites (tertiary alicyclic amines) is 1. The van der Waals surface area contributed by atoms with Gasteiger partial charge in [0.2, 0.25) is 0 Å². The van der Waals surface area contributed by atoms with E-state index >= 15 is 0 Å². The topological polar surface area (TPSA) is 87.2 Å². The lowest BCUT2D eigenvalue weighted by Gasteiger charge is -2.15.